The van der Waals surface area contributed by atoms with Crippen molar-refractivity contribution < 1.29 is 4.39 Å². The summed E-state index contributed by atoms with van der Waals surface area (Å²) in [5.41, 5.74) is 2.46. The standard InChI is InChI=1S/C14H8FN3/c15-11-6-4-10(5-7-11)14-12(9-16)18-8-2-1-3-13(18)17-14/h1-8H. The van der Waals surface area contributed by atoms with Crippen LogP contribution in [0.4, 0.5) is 4.39 Å². The Balaban J connectivity index is 2.29. The van der Waals surface area contributed by atoms with Gasteiger partial charge in [-0.05, 0) is 36.4 Å². The first kappa shape index (κ1) is 10.5. The third-order valence-electron chi connectivity index (χ3n) is 2.75. The Kier molecular flexibility index (Phi) is 2.31. The second kappa shape index (κ2) is 3.97. The Morgan fingerprint density at radius 1 is 1.11 bits per heavy atom. The molecule has 0 amide bonds. The van der Waals surface area contributed by atoms with E-state index in [0.29, 0.717) is 17.0 Å². The maximum Gasteiger partial charge on any atom is 0.152 e. The molecule has 0 aliphatic rings. The summed E-state index contributed by atoms with van der Waals surface area (Å²) in [6.07, 6.45) is 1.79. The molecule has 2 aromatic heterocycles. The van der Waals surface area contributed by atoms with Gasteiger partial charge in [-0.25, -0.2) is 9.37 Å². The second-order valence-corrected chi connectivity index (χ2v) is 3.86. The van der Waals surface area contributed by atoms with Gasteiger partial charge in [-0.1, -0.05) is 6.07 Å². The van der Waals surface area contributed by atoms with E-state index in [4.69, 9.17) is 0 Å². The highest BCUT2D eigenvalue weighted by Gasteiger charge is 2.12. The van der Waals surface area contributed by atoms with E-state index in [-0.39, 0.29) is 5.82 Å². The molecule has 18 heavy (non-hydrogen) atoms. The summed E-state index contributed by atoms with van der Waals surface area (Å²) < 4.78 is 14.6. The molecule has 0 fully saturated rings. The quantitative estimate of drug-likeness (QED) is 0.652. The van der Waals surface area contributed by atoms with Crippen molar-refractivity contribution in [2.45, 2.75) is 0 Å². The van der Waals surface area contributed by atoms with Crippen LogP contribution in [0.1, 0.15) is 5.69 Å². The van der Waals surface area contributed by atoms with E-state index in [1.807, 2.05) is 18.2 Å². The van der Waals surface area contributed by atoms with Crippen LogP contribution in [0.5, 0.6) is 0 Å². The number of rotatable bonds is 1. The number of nitrogens with zero attached hydrogens (tertiary/aromatic N) is 3. The van der Waals surface area contributed by atoms with E-state index in [2.05, 4.69) is 11.1 Å². The Morgan fingerprint density at radius 2 is 1.89 bits per heavy atom. The molecule has 0 spiro atoms. The molecule has 0 unspecified atom stereocenters. The van der Waals surface area contributed by atoms with Crippen LogP contribution in [0, 0.1) is 17.1 Å². The van der Waals surface area contributed by atoms with Crippen LogP contribution in [0.15, 0.2) is 48.7 Å². The van der Waals surface area contributed by atoms with Crippen molar-refractivity contribution in [3.8, 4) is 17.3 Å². The third-order valence-corrected chi connectivity index (χ3v) is 2.75. The molecule has 0 saturated heterocycles. The summed E-state index contributed by atoms with van der Waals surface area (Å²) in [7, 11) is 0. The number of imidazole rings is 1. The van der Waals surface area contributed by atoms with E-state index < -0.39 is 0 Å². The smallest absolute Gasteiger partial charge is 0.152 e. The number of hydrogen-bond donors (Lipinski definition) is 0. The van der Waals surface area contributed by atoms with Crippen LogP contribution in [0.2, 0.25) is 0 Å². The zero-order chi connectivity index (χ0) is 12.5. The van der Waals surface area contributed by atoms with E-state index in [9.17, 15) is 9.65 Å². The maximum atomic E-state index is 12.9. The van der Waals surface area contributed by atoms with Crippen LogP contribution in [0.3, 0.4) is 0 Å². The van der Waals surface area contributed by atoms with Crippen molar-refractivity contribution in [3.05, 3.63) is 60.2 Å². The van der Waals surface area contributed by atoms with Crippen LogP contribution < -0.4 is 0 Å². The summed E-state index contributed by atoms with van der Waals surface area (Å²) in [5.74, 6) is -0.305. The Labute approximate surface area is 103 Å². The van der Waals surface area contributed by atoms with Crippen molar-refractivity contribution in [3.63, 3.8) is 0 Å². The van der Waals surface area contributed by atoms with Gasteiger partial charge in [0.1, 0.15) is 23.2 Å². The molecular formula is C14H8FN3. The molecule has 0 bridgehead atoms. The molecule has 3 aromatic rings. The second-order valence-electron chi connectivity index (χ2n) is 3.86. The minimum absolute atomic E-state index is 0.305. The summed E-state index contributed by atoms with van der Waals surface area (Å²) in [5, 5.41) is 9.24. The first-order chi connectivity index (χ1) is 8.79. The van der Waals surface area contributed by atoms with E-state index in [1.165, 1.54) is 12.1 Å². The zero-order valence-electron chi connectivity index (χ0n) is 9.34. The highest BCUT2D eigenvalue weighted by Crippen LogP contribution is 2.23. The SMILES string of the molecule is N#Cc1c(-c2ccc(F)cc2)nc2ccccn12. The number of benzene rings is 1. The third kappa shape index (κ3) is 1.54. The lowest BCUT2D eigenvalue weighted by Gasteiger charge is -1.97. The molecule has 0 aliphatic carbocycles. The molecule has 0 saturated carbocycles. The van der Waals surface area contributed by atoms with Crippen molar-refractivity contribution >= 4 is 5.65 Å². The van der Waals surface area contributed by atoms with Crippen molar-refractivity contribution in [1.82, 2.24) is 9.38 Å². The molecule has 3 nitrogen and oxygen atoms in total. The van der Waals surface area contributed by atoms with Crippen LogP contribution in [0.25, 0.3) is 16.9 Å². The van der Waals surface area contributed by atoms with Gasteiger partial charge < -0.3 is 0 Å². The number of pyridine rings is 1. The number of fused-ring (bicyclic) bond motifs is 1. The van der Waals surface area contributed by atoms with Gasteiger partial charge in [0, 0.05) is 11.8 Å². The van der Waals surface area contributed by atoms with Gasteiger partial charge in [0.25, 0.3) is 0 Å². The predicted molar refractivity (Wildman–Crippen MR) is 65.3 cm³/mol. The van der Waals surface area contributed by atoms with Crippen molar-refractivity contribution in [2.24, 2.45) is 0 Å². The first-order valence-corrected chi connectivity index (χ1v) is 5.43. The van der Waals surface area contributed by atoms with Gasteiger partial charge in [-0.3, -0.25) is 4.40 Å². The molecule has 0 N–H and O–H groups in total. The minimum atomic E-state index is -0.305. The van der Waals surface area contributed by atoms with Gasteiger partial charge in [0.05, 0.1) is 0 Å². The van der Waals surface area contributed by atoms with Gasteiger partial charge >= 0.3 is 0 Å². The monoisotopic (exact) mass is 237 g/mol. The molecular weight excluding hydrogens is 229 g/mol. The average Bonchev–Trinajstić information content (AvgIpc) is 2.78. The lowest BCUT2D eigenvalue weighted by atomic mass is 10.1. The van der Waals surface area contributed by atoms with Crippen LogP contribution in [-0.2, 0) is 0 Å². The molecule has 3 rings (SSSR count). The molecule has 0 radical (unpaired) electrons. The largest absolute Gasteiger partial charge is 0.291 e. The van der Waals surface area contributed by atoms with E-state index >= 15 is 0 Å². The maximum absolute atomic E-state index is 12.9. The molecule has 1 aromatic carbocycles. The fourth-order valence-electron chi connectivity index (χ4n) is 1.91. The highest BCUT2D eigenvalue weighted by molar-refractivity contribution is 5.69. The van der Waals surface area contributed by atoms with E-state index in [1.54, 1.807) is 22.7 Å². The summed E-state index contributed by atoms with van der Waals surface area (Å²) in [4.78, 5) is 4.40. The molecule has 4 heteroatoms. The summed E-state index contributed by atoms with van der Waals surface area (Å²) >= 11 is 0. The zero-order valence-corrected chi connectivity index (χ0v) is 9.34. The lowest BCUT2D eigenvalue weighted by Crippen LogP contribution is -1.88. The Bertz CT molecular complexity index is 751. The Hall–Kier alpha value is -2.67. The predicted octanol–water partition coefficient (Wildman–Crippen LogP) is 3.01. The van der Waals surface area contributed by atoms with Gasteiger partial charge in [0.15, 0.2) is 5.69 Å². The number of halogens is 1. The Morgan fingerprint density at radius 3 is 2.61 bits per heavy atom. The number of aromatic nitrogens is 2. The normalized spacial score (nSPS) is 10.4. The summed E-state index contributed by atoms with van der Waals surface area (Å²) in [6, 6.07) is 13.6. The highest BCUT2D eigenvalue weighted by atomic mass is 19.1. The number of hydrogen-bond acceptors (Lipinski definition) is 2. The molecule has 0 aliphatic heterocycles. The van der Waals surface area contributed by atoms with Crippen molar-refractivity contribution in [2.75, 3.05) is 0 Å². The van der Waals surface area contributed by atoms with Crippen LogP contribution >= 0.6 is 0 Å². The van der Waals surface area contributed by atoms with E-state index in [0.717, 1.165) is 5.56 Å². The molecule has 0 atom stereocenters. The summed E-state index contributed by atoms with van der Waals surface area (Å²) in [6.45, 7) is 0. The van der Waals surface area contributed by atoms with Crippen LogP contribution in [-0.4, -0.2) is 9.38 Å². The first-order valence-electron chi connectivity index (χ1n) is 5.43. The van der Waals surface area contributed by atoms with Crippen molar-refractivity contribution in [1.29, 1.82) is 5.26 Å². The fourth-order valence-corrected chi connectivity index (χ4v) is 1.91. The number of nitriles is 1. The average molecular weight is 237 g/mol. The van der Waals surface area contributed by atoms with Gasteiger partial charge in [-0.15, -0.1) is 0 Å². The lowest BCUT2D eigenvalue weighted by molar-refractivity contribution is 0.628. The molecule has 2 heterocycles. The van der Waals surface area contributed by atoms with Gasteiger partial charge in [0.2, 0.25) is 0 Å². The topological polar surface area (TPSA) is 41.1 Å². The fraction of sp³-hybridized carbons (Fsp3) is 0. The van der Waals surface area contributed by atoms with Gasteiger partial charge in [-0.2, -0.15) is 5.26 Å². The molecule has 86 valence electrons. The minimum Gasteiger partial charge on any atom is -0.291 e.